The molecule has 0 bridgehead atoms. The quantitative estimate of drug-likeness (QED) is 0.736. The van der Waals surface area contributed by atoms with Gasteiger partial charge in [0.25, 0.3) is 0 Å². The van der Waals surface area contributed by atoms with Crippen molar-refractivity contribution in [3.05, 3.63) is 23.5 Å². The molecule has 1 aliphatic heterocycles. The Bertz CT molecular complexity index is 349. The summed E-state index contributed by atoms with van der Waals surface area (Å²) in [5.41, 5.74) is 1.42. The molecule has 0 unspecified atom stereocenters. The summed E-state index contributed by atoms with van der Waals surface area (Å²) in [5, 5.41) is 0. The molecule has 0 aromatic rings. The first-order valence-corrected chi connectivity index (χ1v) is 6.43. The zero-order valence-electron chi connectivity index (χ0n) is 10.7. The molecule has 0 aromatic heterocycles. The van der Waals surface area contributed by atoms with E-state index in [-0.39, 0.29) is 5.91 Å². The molecular formula is C14H21NO2. The minimum atomic E-state index is 0.180. The van der Waals surface area contributed by atoms with Gasteiger partial charge in [-0.1, -0.05) is 11.6 Å². The smallest absolute Gasteiger partial charge is 0.219 e. The third kappa shape index (κ3) is 3.35. The summed E-state index contributed by atoms with van der Waals surface area (Å²) in [6, 6.07) is 0. The molecule has 0 atom stereocenters. The highest BCUT2D eigenvalue weighted by molar-refractivity contribution is 5.73. The van der Waals surface area contributed by atoms with Gasteiger partial charge in [0.15, 0.2) is 0 Å². The van der Waals surface area contributed by atoms with E-state index >= 15 is 0 Å². The van der Waals surface area contributed by atoms with Crippen LogP contribution in [-0.2, 0) is 9.53 Å². The topological polar surface area (TPSA) is 29.5 Å². The molecule has 0 radical (unpaired) electrons. The highest BCUT2D eigenvalue weighted by Crippen LogP contribution is 2.23. The number of carbonyl (C=O) groups is 1. The summed E-state index contributed by atoms with van der Waals surface area (Å²) in [6.45, 7) is 5.46. The van der Waals surface area contributed by atoms with Gasteiger partial charge in [0.1, 0.15) is 6.10 Å². The monoisotopic (exact) mass is 235 g/mol. The molecule has 2 aliphatic rings. The Morgan fingerprint density at radius 3 is 2.53 bits per heavy atom. The molecule has 0 spiro atoms. The highest BCUT2D eigenvalue weighted by Gasteiger charge is 2.22. The fraction of sp³-hybridized carbons (Fsp3) is 0.643. The normalized spacial score (nSPS) is 21.9. The first-order chi connectivity index (χ1) is 8.15. The number of amides is 1. The molecule has 0 N–H and O–H groups in total. The van der Waals surface area contributed by atoms with E-state index < -0.39 is 0 Å². The molecular weight excluding hydrogens is 214 g/mol. The molecule has 1 fully saturated rings. The summed E-state index contributed by atoms with van der Waals surface area (Å²) in [5.74, 6) is 1.29. The molecule has 17 heavy (non-hydrogen) atoms. The molecule has 1 amide bonds. The van der Waals surface area contributed by atoms with Crippen LogP contribution in [0.15, 0.2) is 23.5 Å². The maximum atomic E-state index is 11.2. The van der Waals surface area contributed by atoms with Gasteiger partial charge in [-0.3, -0.25) is 4.79 Å². The van der Waals surface area contributed by atoms with Crippen molar-refractivity contribution >= 4 is 5.91 Å². The Balaban J connectivity index is 1.80. The fourth-order valence-corrected chi connectivity index (χ4v) is 2.32. The van der Waals surface area contributed by atoms with Crippen LogP contribution in [0.5, 0.6) is 0 Å². The SMILES string of the molecule is CC(=O)N1CCC(OC2=CC=C(C)CC2)CC1. The average Bonchev–Trinajstić information content (AvgIpc) is 2.33. The lowest BCUT2D eigenvalue weighted by Gasteiger charge is -2.32. The lowest BCUT2D eigenvalue weighted by atomic mass is 10.0. The maximum Gasteiger partial charge on any atom is 0.219 e. The van der Waals surface area contributed by atoms with Gasteiger partial charge in [0, 0.05) is 39.3 Å². The van der Waals surface area contributed by atoms with E-state index in [0.29, 0.717) is 6.10 Å². The predicted octanol–water partition coefficient (Wildman–Crippen LogP) is 2.64. The fourth-order valence-electron chi connectivity index (χ4n) is 2.32. The van der Waals surface area contributed by atoms with Crippen molar-refractivity contribution in [2.75, 3.05) is 13.1 Å². The number of piperidine rings is 1. The van der Waals surface area contributed by atoms with Crippen LogP contribution < -0.4 is 0 Å². The van der Waals surface area contributed by atoms with E-state index in [2.05, 4.69) is 19.1 Å². The van der Waals surface area contributed by atoms with Crippen LogP contribution in [0.1, 0.15) is 39.5 Å². The van der Waals surface area contributed by atoms with Crippen molar-refractivity contribution in [3.63, 3.8) is 0 Å². The van der Waals surface area contributed by atoms with E-state index in [1.54, 1.807) is 6.92 Å². The standard InChI is InChI=1S/C14H21NO2/c1-11-3-5-13(6-4-11)17-14-7-9-15(10-8-14)12(2)16/h3,5,14H,4,6-10H2,1-2H3. The van der Waals surface area contributed by atoms with Crippen molar-refractivity contribution in [1.82, 2.24) is 4.90 Å². The van der Waals surface area contributed by atoms with Crippen molar-refractivity contribution in [2.24, 2.45) is 0 Å². The Morgan fingerprint density at radius 2 is 2.00 bits per heavy atom. The largest absolute Gasteiger partial charge is 0.495 e. The molecule has 3 nitrogen and oxygen atoms in total. The second-order valence-corrected chi connectivity index (χ2v) is 4.97. The maximum absolute atomic E-state index is 11.2. The number of ether oxygens (including phenoxy) is 1. The summed E-state index contributed by atoms with van der Waals surface area (Å²) in [7, 11) is 0. The van der Waals surface area contributed by atoms with Crippen molar-refractivity contribution in [3.8, 4) is 0 Å². The van der Waals surface area contributed by atoms with Crippen LogP contribution in [-0.4, -0.2) is 30.0 Å². The van der Waals surface area contributed by atoms with Gasteiger partial charge in [0.2, 0.25) is 5.91 Å². The molecule has 2 rings (SSSR count). The van der Waals surface area contributed by atoms with E-state index in [1.165, 1.54) is 5.57 Å². The number of allylic oxidation sites excluding steroid dienone is 4. The average molecular weight is 235 g/mol. The Morgan fingerprint density at radius 1 is 1.29 bits per heavy atom. The van der Waals surface area contributed by atoms with Gasteiger partial charge in [0.05, 0.1) is 5.76 Å². The molecule has 1 saturated heterocycles. The first-order valence-electron chi connectivity index (χ1n) is 6.43. The third-order valence-corrected chi connectivity index (χ3v) is 3.52. The number of likely N-dealkylation sites (tertiary alicyclic amines) is 1. The minimum Gasteiger partial charge on any atom is -0.495 e. The van der Waals surface area contributed by atoms with Crippen molar-refractivity contribution in [1.29, 1.82) is 0 Å². The molecule has 94 valence electrons. The summed E-state index contributed by atoms with van der Waals surface area (Å²) in [4.78, 5) is 13.1. The summed E-state index contributed by atoms with van der Waals surface area (Å²) >= 11 is 0. The lowest BCUT2D eigenvalue weighted by molar-refractivity contribution is -0.131. The van der Waals surface area contributed by atoms with Crippen LogP contribution >= 0.6 is 0 Å². The van der Waals surface area contributed by atoms with E-state index in [9.17, 15) is 4.79 Å². The Labute approximate surface area is 103 Å². The van der Waals surface area contributed by atoms with Crippen molar-refractivity contribution in [2.45, 2.75) is 45.6 Å². The van der Waals surface area contributed by atoms with E-state index in [1.807, 2.05) is 4.90 Å². The molecule has 0 aromatic carbocycles. The molecule has 1 heterocycles. The molecule has 3 heteroatoms. The molecule has 0 saturated carbocycles. The number of carbonyl (C=O) groups excluding carboxylic acids is 1. The predicted molar refractivity (Wildman–Crippen MR) is 67.4 cm³/mol. The van der Waals surface area contributed by atoms with Crippen LogP contribution in [0.2, 0.25) is 0 Å². The second-order valence-electron chi connectivity index (χ2n) is 4.97. The Hall–Kier alpha value is -1.25. The summed E-state index contributed by atoms with van der Waals surface area (Å²) < 4.78 is 5.99. The van der Waals surface area contributed by atoms with Gasteiger partial charge >= 0.3 is 0 Å². The van der Waals surface area contributed by atoms with Crippen LogP contribution in [0.3, 0.4) is 0 Å². The van der Waals surface area contributed by atoms with Gasteiger partial charge < -0.3 is 9.64 Å². The zero-order valence-corrected chi connectivity index (χ0v) is 10.7. The highest BCUT2D eigenvalue weighted by atomic mass is 16.5. The summed E-state index contributed by atoms with van der Waals surface area (Å²) in [6.07, 6.45) is 8.58. The zero-order chi connectivity index (χ0) is 12.3. The van der Waals surface area contributed by atoms with Crippen LogP contribution in [0.25, 0.3) is 0 Å². The van der Waals surface area contributed by atoms with Gasteiger partial charge in [-0.2, -0.15) is 0 Å². The molecule has 1 aliphatic carbocycles. The van der Waals surface area contributed by atoms with Crippen molar-refractivity contribution < 1.29 is 9.53 Å². The first kappa shape index (κ1) is 12.2. The van der Waals surface area contributed by atoms with Gasteiger partial charge in [-0.05, 0) is 19.4 Å². The number of hydrogen-bond donors (Lipinski definition) is 0. The Kier molecular flexibility index (Phi) is 3.87. The number of rotatable bonds is 2. The van der Waals surface area contributed by atoms with Crippen LogP contribution in [0.4, 0.5) is 0 Å². The third-order valence-electron chi connectivity index (χ3n) is 3.52. The lowest BCUT2D eigenvalue weighted by Crippen LogP contribution is -2.39. The number of hydrogen-bond acceptors (Lipinski definition) is 2. The second kappa shape index (κ2) is 5.39. The van der Waals surface area contributed by atoms with E-state index in [4.69, 9.17) is 4.74 Å². The minimum absolute atomic E-state index is 0.180. The number of nitrogens with zero attached hydrogens (tertiary/aromatic N) is 1. The van der Waals surface area contributed by atoms with E-state index in [0.717, 1.165) is 44.5 Å². The van der Waals surface area contributed by atoms with Crippen LogP contribution in [0, 0.1) is 0 Å². The van der Waals surface area contributed by atoms with Gasteiger partial charge in [-0.15, -0.1) is 0 Å². The van der Waals surface area contributed by atoms with Gasteiger partial charge in [-0.25, -0.2) is 0 Å².